The topological polar surface area (TPSA) is 70.1 Å². The second kappa shape index (κ2) is 10.0. The first-order chi connectivity index (χ1) is 17.5. The number of aryl methyl sites for hydroxylation is 1. The lowest BCUT2D eigenvalue weighted by molar-refractivity contribution is -0.132. The minimum absolute atomic E-state index is 0.00130. The maximum absolute atomic E-state index is 14.1. The lowest BCUT2D eigenvalue weighted by atomic mass is 9.94. The summed E-state index contributed by atoms with van der Waals surface area (Å²) in [5.74, 6) is -3.85. The number of ketones is 1. The molecule has 3 aromatic carbocycles. The zero-order valence-corrected chi connectivity index (χ0v) is 21.3. The molecule has 1 unspecified atom stereocenters. The molecular formula is C29H28F2N2O4. The molecule has 1 aliphatic heterocycles. The van der Waals surface area contributed by atoms with E-state index in [1.54, 1.807) is 30.3 Å². The largest absolute Gasteiger partial charge is 0.507 e. The molecule has 3 aromatic rings. The van der Waals surface area contributed by atoms with Gasteiger partial charge in [0.1, 0.15) is 11.5 Å². The Morgan fingerprint density at radius 1 is 0.973 bits per heavy atom. The maximum Gasteiger partial charge on any atom is 0.300 e. The van der Waals surface area contributed by atoms with E-state index in [0.717, 1.165) is 28.3 Å². The van der Waals surface area contributed by atoms with Crippen molar-refractivity contribution in [3.05, 3.63) is 94.6 Å². The minimum atomic E-state index is -1.16. The van der Waals surface area contributed by atoms with Crippen LogP contribution in [-0.2, 0) is 9.59 Å². The molecule has 1 aliphatic rings. The van der Waals surface area contributed by atoms with Crippen molar-refractivity contribution in [1.29, 1.82) is 0 Å². The van der Waals surface area contributed by atoms with Gasteiger partial charge in [-0.3, -0.25) is 14.5 Å². The predicted molar refractivity (Wildman–Crippen MR) is 139 cm³/mol. The molecular weight excluding hydrogens is 478 g/mol. The fourth-order valence-electron chi connectivity index (χ4n) is 4.34. The van der Waals surface area contributed by atoms with E-state index < -0.39 is 29.4 Å². The highest BCUT2D eigenvalue weighted by Crippen LogP contribution is 2.43. The summed E-state index contributed by atoms with van der Waals surface area (Å²) in [6.07, 6.45) is -0.0512. The molecule has 0 bridgehead atoms. The number of carbonyl (C=O) groups is 2. The van der Waals surface area contributed by atoms with Crippen LogP contribution in [0, 0.1) is 18.6 Å². The standard InChI is InChI=1S/C29H28F2N2O4/c1-16(2)37-24-13-8-19(14-17(24)3)27(34)25-26(18-6-9-20(10-7-18)32(4)5)33(29(36)28(25)35)21-11-12-22(30)23(31)15-21/h6-16,26,34H,1-5H3/b27-25+. The SMILES string of the molecule is Cc1cc(/C(O)=C2\C(=O)C(=O)N(c3ccc(F)c(F)c3)C2c2ccc(N(C)C)cc2)ccc1OC(C)C. The number of halogens is 2. The lowest BCUT2D eigenvalue weighted by Crippen LogP contribution is -2.29. The highest BCUT2D eigenvalue weighted by Gasteiger charge is 2.47. The number of rotatable bonds is 6. The fourth-order valence-corrected chi connectivity index (χ4v) is 4.34. The van der Waals surface area contributed by atoms with Gasteiger partial charge in [-0.2, -0.15) is 0 Å². The second-order valence-electron chi connectivity index (χ2n) is 9.40. The van der Waals surface area contributed by atoms with Crippen molar-refractivity contribution in [3.8, 4) is 5.75 Å². The average molecular weight is 507 g/mol. The van der Waals surface area contributed by atoms with Gasteiger partial charge in [-0.05, 0) is 74.4 Å². The summed E-state index contributed by atoms with van der Waals surface area (Å²) in [5, 5.41) is 11.3. The third kappa shape index (κ3) is 4.91. The molecule has 1 fully saturated rings. The van der Waals surface area contributed by atoms with Gasteiger partial charge in [-0.1, -0.05) is 12.1 Å². The van der Waals surface area contributed by atoms with Crippen molar-refractivity contribution in [2.24, 2.45) is 0 Å². The van der Waals surface area contributed by atoms with Crippen LogP contribution in [0.4, 0.5) is 20.2 Å². The van der Waals surface area contributed by atoms with Crippen LogP contribution in [0.5, 0.6) is 5.75 Å². The second-order valence-corrected chi connectivity index (χ2v) is 9.40. The molecule has 1 saturated heterocycles. The van der Waals surface area contributed by atoms with E-state index in [-0.39, 0.29) is 23.1 Å². The molecule has 1 atom stereocenters. The molecule has 0 spiro atoms. The van der Waals surface area contributed by atoms with Crippen molar-refractivity contribution >= 4 is 28.8 Å². The van der Waals surface area contributed by atoms with Gasteiger partial charge in [0.2, 0.25) is 0 Å². The quantitative estimate of drug-likeness (QED) is 0.262. The maximum atomic E-state index is 14.1. The van der Waals surface area contributed by atoms with Gasteiger partial charge in [-0.25, -0.2) is 8.78 Å². The van der Waals surface area contributed by atoms with Crippen molar-refractivity contribution in [2.45, 2.75) is 32.9 Å². The number of amides is 1. The first kappa shape index (κ1) is 25.9. The van der Waals surface area contributed by atoms with E-state index in [1.165, 1.54) is 6.07 Å². The summed E-state index contributed by atoms with van der Waals surface area (Å²) in [7, 11) is 3.74. The van der Waals surface area contributed by atoms with Gasteiger partial charge in [0.05, 0.1) is 17.7 Å². The van der Waals surface area contributed by atoms with Crippen molar-refractivity contribution in [1.82, 2.24) is 0 Å². The molecule has 192 valence electrons. The molecule has 8 heteroatoms. The van der Waals surface area contributed by atoms with Gasteiger partial charge < -0.3 is 14.7 Å². The van der Waals surface area contributed by atoms with Crippen LogP contribution in [0.3, 0.4) is 0 Å². The smallest absolute Gasteiger partial charge is 0.300 e. The van der Waals surface area contributed by atoms with Crippen LogP contribution >= 0.6 is 0 Å². The number of hydrogen-bond acceptors (Lipinski definition) is 5. The lowest BCUT2D eigenvalue weighted by Gasteiger charge is -2.26. The number of carbonyl (C=O) groups excluding carboxylic acids is 2. The van der Waals surface area contributed by atoms with Gasteiger partial charge in [0, 0.05) is 37.1 Å². The van der Waals surface area contributed by atoms with Gasteiger partial charge >= 0.3 is 0 Å². The zero-order valence-electron chi connectivity index (χ0n) is 21.3. The molecule has 0 radical (unpaired) electrons. The van der Waals surface area contributed by atoms with Crippen LogP contribution < -0.4 is 14.5 Å². The van der Waals surface area contributed by atoms with Gasteiger partial charge in [0.15, 0.2) is 11.6 Å². The Morgan fingerprint density at radius 2 is 1.65 bits per heavy atom. The Morgan fingerprint density at radius 3 is 2.22 bits per heavy atom. The molecule has 0 saturated carbocycles. The van der Waals surface area contributed by atoms with Crippen LogP contribution in [-0.4, -0.2) is 37.0 Å². The predicted octanol–water partition coefficient (Wildman–Crippen LogP) is 5.75. The zero-order chi connectivity index (χ0) is 27.0. The van der Waals surface area contributed by atoms with Crippen LogP contribution in [0.15, 0.2) is 66.2 Å². The van der Waals surface area contributed by atoms with Crippen molar-refractivity contribution in [3.63, 3.8) is 0 Å². The summed E-state index contributed by atoms with van der Waals surface area (Å²) < 4.78 is 33.6. The number of anilines is 2. The number of aliphatic hydroxyl groups is 1. The minimum Gasteiger partial charge on any atom is -0.507 e. The summed E-state index contributed by atoms with van der Waals surface area (Å²) in [6, 6.07) is 14.0. The summed E-state index contributed by atoms with van der Waals surface area (Å²) >= 11 is 0. The van der Waals surface area contributed by atoms with E-state index in [0.29, 0.717) is 16.9 Å². The van der Waals surface area contributed by atoms with Crippen molar-refractivity contribution in [2.75, 3.05) is 23.9 Å². The van der Waals surface area contributed by atoms with E-state index in [2.05, 4.69) is 0 Å². The van der Waals surface area contributed by atoms with Gasteiger partial charge in [0.25, 0.3) is 11.7 Å². The first-order valence-electron chi connectivity index (χ1n) is 11.8. The Hall–Kier alpha value is -4.20. The first-order valence-corrected chi connectivity index (χ1v) is 11.8. The highest BCUT2D eigenvalue weighted by atomic mass is 19.2. The summed E-state index contributed by atoms with van der Waals surface area (Å²) in [6.45, 7) is 5.61. The highest BCUT2D eigenvalue weighted by molar-refractivity contribution is 6.51. The Kier molecular flexibility index (Phi) is 7.03. The number of Topliss-reactive ketones (excluding diaryl/α,β-unsaturated/α-hetero) is 1. The van der Waals surface area contributed by atoms with E-state index >= 15 is 0 Å². The molecule has 1 heterocycles. The van der Waals surface area contributed by atoms with Crippen LogP contribution in [0.2, 0.25) is 0 Å². The van der Waals surface area contributed by atoms with Crippen LogP contribution in [0.1, 0.15) is 36.6 Å². The number of ether oxygens (including phenoxy) is 1. The number of nitrogens with zero attached hydrogens (tertiary/aromatic N) is 2. The molecule has 37 heavy (non-hydrogen) atoms. The molecule has 0 aliphatic carbocycles. The molecule has 1 N–H and O–H groups in total. The Bertz CT molecular complexity index is 1400. The Labute approximate surface area is 214 Å². The molecule has 6 nitrogen and oxygen atoms in total. The normalized spacial score (nSPS) is 17.0. The van der Waals surface area contributed by atoms with Gasteiger partial charge in [-0.15, -0.1) is 0 Å². The fraction of sp³-hybridized carbons (Fsp3) is 0.241. The van der Waals surface area contributed by atoms with E-state index in [4.69, 9.17) is 4.74 Å². The monoisotopic (exact) mass is 506 g/mol. The average Bonchev–Trinajstić information content (AvgIpc) is 3.11. The van der Waals surface area contributed by atoms with Crippen molar-refractivity contribution < 1.29 is 28.2 Å². The molecule has 0 aromatic heterocycles. The molecule has 1 amide bonds. The molecule has 4 rings (SSSR count). The summed E-state index contributed by atoms with van der Waals surface area (Å²) in [5.41, 5.74) is 2.31. The third-order valence-electron chi connectivity index (χ3n) is 6.16. The summed E-state index contributed by atoms with van der Waals surface area (Å²) in [4.78, 5) is 29.5. The third-order valence-corrected chi connectivity index (χ3v) is 6.16. The number of hydrogen-bond donors (Lipinski definition) is 1. The van der Waals surface area contributed by atoms with E-state index in [9.17, 15) is 23.5 Å². The Balaban J connectivity index is 1.90. The van der Waals surface area contributed by atoms with E-state index in [1.807, 2.05) is 51.9 Å². The number of aliphatic hydroxyl groups excluding tert-OH is 1. The number of benzene rings is 3. The van der Waals surface area contributed by atoms with Crippen LogP contribution in [0.25, 0.3) is 5.76 Å².